The minimum atomic E-state index is -0.610. The Hall–Kier alpha value is -1.30. The zero-order valence-corrected chi connectivity index (χ0v) is 9.66. The van der Waals surface area contributed by atoms with E-state index in [1.807, 2.05) is 0 Å². The van der Waals surface area contributed by atoms with Crippen molar-refractivity contribution in [3.05, 3.63) is 0 Å². The van der Waals surface area contributed by atoms with Crippen molar-refractivity contribution in [2.24, 2.45) is 10.7 Å². The van der Waals surface area contributed by atoms with E-state index in [-0.39, 0.29) is 5.96 Å². The number of carbonyl (C=O) groups excluding carboxylic acids is 1. The summed E-state index contributed by atoms with van der Waals surface area (Å²) in [5.74, 6) is 0.0290. The van der Waals surface area contributed by atoms with Gasteiger partial charge < -0.3 is 15.2 Å². The van der Waals surface area contributed by atoms with Crippen LogP contribution >= 0.6 is 0 Å². The molecule has 0 atom stereocenters. The van der Waals surface area contributed by atoms with Crippen LogP contribution in [0.5, 0.6) is 0 Å². The molecule has 0 aromatic carbocycles. The number of hydrogen-bond donors (Lipinski definition) is 2. The van der Waals surface area contributed by atoms with E-state index in [0.717, 1.165) is 0 Å². The van der Waals surface area contributed by atoms with Gasteiger partial charge in [0, 0.05) is 7.11 Å². The highest BCUT2D eigenvalue weighted by atomic mass is 16.6. The van der Waals surface area contributed by atoms with Crippen molar-refractivity contribution in [2.45, 2.75) is 26.4 Å². The van der Waals surface area contributed by atoms with Gasteiger partial charge in [-0.15, -0.1) is 0 Å². The molecule has 0 bridgehead atoms. The van der Waals surface area contributed by atoms with Gasteiger partial charge in [0.05, 0.1) is 13.2 Å². The van der Waals surface area contributed by atoms with Crippen LogP contribution in [0.15, 0.2) is 4.99 Å². The number of nitrogens with two attached hydrogens (primary N) is 1. The third kappa shape index (κ3) is 9.01. The summed E-state index contributed by atoms with van der Waals surface area (Å²) >= 11 is 0. The minimum absolute atomic E-state index is 0.0290. The Morgan fingerprint density at radius 3 is 2.53 bits per heavy atom. The fourth-order valence-corrected chi connectivity index (χ4v) is 0.705. The van der Waals surface area contributed by atoms with Crippen LogP contribution in [0.1, 0.15) is 20.8 Å². The first-order chi connectivity index (χ1) is 6.85. The summed E-state index contributed by atoms with van der Waals surface area (Å²) in [4.78, 5) is 15.0. The maximum absolute atomic E-state index is 11.2. The Balaban J connectivity index is 3.91. The molecule has 0 saturated carbocycles. The number of amides is 1. The quantitative estimate of drug-likeness (QED) is 0.409. The zero-order chi connectivity index (χ0) is 11.9. The number of carbonyl (C=O) groups is 1. The van der Waals surface area contributed by atoms with E-state index < -0.39 is 11.7 Å². The van der Waals surface area contributed by atoms with E-state index >= 15 is 0 Å². The zero-order valence-electron chi connectivity index (χ0n) is 9.66. The first-order valence-corrected chi connectivity index (χ1v) is 4.64. The number of alkyl carbamates (subject to hydrolysis) is 1. The largest absolute Gasteiger partial charge is 0.444 e. The highest BCUT2D eigenvalue weighted by Crippen LogP contribution is 2.05. The number of methoxy groups -OCH3 is 1. The van der Waals surface area contributed by atoms with Gasteiger partial charge in [0.1, 0.15) is 5.60 Å². The molecule has 0 heterocycles. The van der Waals surface area contributed by atoms with Crippen LogP contribution in [-0.2, 0) is 9.47 Å². The molecule has 0 fully saturated rings. The van der Waals surface area contributed by atoms with Gasteiger partial charge in [-0.05, 0) is 20.8 Å². The Labute approximate surface area is 89.8 Å². The normalized spacial score (nSPS) is 12.4. The van der Waals surface area contributed by atoms with Crippen LogP contribution in [-0.4, -0.2) is 37.9 Å². The van der Waals surface area contributed by atoms with Crippen molar-refractivity contribution in [2.75, 3.05) is 20.3 Å². The predicted octanol–water partition coefficient (Wildman–Crippen LogP) is 0.472. The third-order valence-electron chi connectivity index (χ3n) is 1.21. The van der Waals surface area contributed by atoms with Gasteiger partial charge in [0.2, 0.25) is 0 Å². The minimum Gasteiger partial charge on any atom is -0.444 e. The molecule has 88 valence electrons. The SMILES string of the molecule is COCCN=C(N)NC(=O)OC(C)(C)C. The Kier molecular flexibility index (Phi) is 5.69. The second kappa shape index (κ2) is 6.23. The Morgan fingerprint density at radius 1 is 1.47 bits per heavy atom. The van der Waals surface area contributed by atoms with Crippen molar-refractivity contribution in [3.8, 4) is 0 Å². The summed E-state index contributed by atoms with van der Waals surface area (Å²) in [7, 11) is 1.56. The maximum Gasteiger partial charge on any atom is 0.414 e. The van der Waals surface area contributed by atoms with Crippen LogP contribution < -0.4 is 11.1 Å². The average molecular weight is 217 g/mol. The van der Waals surface area contributed by atoms with E-state index in [1.54, 1.807) is 27.9 Å². The maximum atomic E-state index is 11.2. The van der Waals surface area contributed by atoms with Crippen molar-refractivity contribution >= 4 is 12.1 Å². The molecule has 0 aliphatic heterocycles. The van der Waals surface area contributed by atoms with Gasteiger partial charge in [-0.3, -0.25) is 10.3 Å². The molecule has 0 spiro atoms. The standard InChI is InChI=1S/C9H19N3O3/c1-9(2,3)15-8(13)12-7(10)11-5-6-14-4/h5-6H2,1-4H3,(H3,10,11,12,13). The summed E-state index contributed by atoms with van der Waals surface area (Å²) in [5, 5.41) is 2.31. The van der Waals surface area contributed by atoms with E-state index in [4.69, 9.17) is 15.2 Å². The highest BCUT2D eigenvalue weighted by Gasteiger charge is 2.16. The predicted molar refractivity (Wildman–Crippen MR) is 57.7 cm³/mol. The molecule has 0 saturated heterocycles. The molecule has 0 aliphatic carbocycles. The molecule has 3 N–H and O–H groups in total. The lowest BCUT2D eigenvalue weighted by molar-refractivity contribution is 0.0562. The molecule has 1 amide bonds. The summed E-state index contributed by atoms with van der Waals surface area (Å²) in [6.45, 7) is 6.16. The van der Waals surface area contributed by atoms with Crippen LogP contribution in [0, 0.1) is 0 Å². The molecule has 0 unspecified atom stereocenters. The van der Waals surface area contributed by atoms with Gasteiger partial charge in [-0.2, -0.15) is 0 Å². The smallest absolute Gasteiger partial charge is 0.414 e. The van der Waals surface area contributed by atoms with Gasteiger partial charge in [-0.25, -0.2) is 4.79 Å². The molecular weight excluding hydrogens is 198 g/mol. The lowest BCUT2D eigenvalue weighted by Crippen LogP contribution is -2.40. The summed E-state index contributed by atoms with van der Waals surface area (Å²) in [6.07, 6.45) is -0.610. The van der Waals surface area contributed by atoms with Crippen molar-refractivity contribution < 1.29 is 14.3 Å². The van der Waals surface area contributed by atoms with Gasteiger partial charge in [0.25, 0.3) is 0 Å². The monoisotopic (exact) mass is 217 g/mol. The Morgan fingerprint density at radius 2 is 2.07 bits per heavy atom. The van der Waals surface area contributed by atoms with E-state index in [1.165, 1.54) is 0 Å². The van der Waals surface area contributed by atoms with E-state index in [0.29, 0.717) is 13.2 Å². The lowest BCUT2D eigenvalue weighted by atomic mass is 10.2. The first kappa shape index (κ1) is 13.7. The van der Waals surface area contributed by atoms with Crippen LogP contribution in [0.2, 0.25) is 0 Å². The fourth-order valence-electron chi connectivity index (χ4n) is 0.705. The summed E-state index contributed by atoms with van der Waals surface area (Å²) in [6, 6.07) is 0. The molecule has 0 radical (unpaired) electrons. The first-order valence-electron chi connectivity index (χ1n) is 4.64. The number of ether oxygens (including phenoxy) is 2. The molecule has 6 heteroatoms. The summed E-state index contributed by atoms with van der Waals surface area (Å²) in [5.41, 5.74) is 4.87. The molecular formula is C9H19N3O3. The van der Waals surface area contributed by atoms with E-state index in [9.17, 15) is 4.79 Å². The highest BCUT2D eigenvalue weighted by molar-refractivity contribution is 5.92. The summed E-state index contributed by atoms with van der Waals surface area (Å²) < 4.78 is 9.74. The number of nitrogens with zero attached hydrogens (tertiary/aromatic N) is 1. The molecule has 0 rings (SSSR count). The molecule has 6 nitrogen and oxygen atoms in total. The molecule has 0 aromatic heterocycles. The van der Waals surface area contributed by atoms with Crippen LogP contribution in [0.25, 0.3) is 0 Å². The second-order valence-electron chi connectivity index (χ2n) is 3.89. The van der Waals surface area contributed by atoms with Gasteiger partial charge in [-0.1, -0.05) is 0 Å². The fraction of sp³-hybridized carbons (Fsp3) is 0.778. The average Bonchev–Trinajstić information content (AvgIpc) is 2.00. The van der Waals surface area contributed by atoms with Gasteiger partial charge >= 0.3 is 6.09 Å². The van der Waals surface area contributed by atoms with Crippen molar-refractivity contribution in [3.63, 3.8) is 0 Å². The Bertz CT molecular complexity index is 233. The number of hydrogen-bond acceptors (Lipinski definition) is 4. The number of aliphatic imine (C=N–C) groups is 1. The van der Waals surface area contributed by atoms with Crippen molar-refractivity contribution in [1.82, 2.24) is 5.32 Å². The lowest BCUT2D eigenvalue weighted by Gasteiger charge is -2.19. The molecule has 0 aliphatic rings. The van der Waals surface area contributed by atoms with E-state index in [2.05, 4.69) is 10.3 Å². The van der Waals surface area contributed by atoms with Crippen molar-refractivity contribution in [1.29, 1.82) is 0 Å². The third-order valence-corrected chi connectivity index (χ3v) is 1.21. The number of guanidine groups is 1. The van der Waals surface area contributed by atoms with Crippen LogP contribution in [0.3, 0.4) is 0 Å². The van der Waals surface area contributed by atoms with Crippen LogP contribution in [0.4, 0.5) is 4.79 Å². The molecule has 15 heavy (non-hydrogen) atoms. The number of nitrogens with one attached hydrogen (secondary N) is 1. The topological polar surface area (TPSA) is 85.9 Å². The van der Waals surface area contributed by atoms with Gasteiger partial charge in [0.15, 0.2) is 5.96 Å². The second-order valence-corrected chi connectivity index (χ2v) is 3.89. The molecule has 0 aromatic rings. The number of rotatable bonds is 3.